The van der Waals surface area contributed by atoms with Gasteiger partial charge in [-0.25, -0.2) is 4.98 Å². The van der Waals surface area contributed by atoms with E-state index in [1.807, 2.05) is 35.7 Å². The zero-order chi connectivity index (χ0) is 13.2. The highest BCUT2D eigenvalue weighted by Crippen LogP contribution is 2.28. The minimum Gasteiger partial charge on any atom is -0.282 e. The van der Waals surface area contributed by atoms with E-state index in [9.17, 15) is 9.59 Å². The van der Waals surface area contributed by atoms with Gasteiger partial charge < -0.3 is 0 Å². The Hall–Kier alpha value is -1.92. The molecule has 2 aromatic rings. The van der Waals surface area contributed by atoms with E-state index in [1.165, 1.54) is 11.3 Å². The molecule has 0 bridgehead atoms. The third kappa shape index (κ3) is 2.59. The number of rotatable bonds is 2. The zero-order valence-corrected chi connectivity index (χ0v) is 11.3. The monoisotopic (exact) mass is 288 g/mol. The van der Waals surface area contributed by atoms with E-state index in [4.69, 9.17) is 0 Å². The number of imide groups is 1. The highest BCUT2D eigenvalue weighted by atomic mass is 32.2. The maximum atomic E-state index is 11.4. The number of nitrogens with zero attached hydrogens (tertiary/aromatic N) is 1. The van der Waals surface area contributed by atoms with Crippen molar-refractivity contribution in [2.75, 3.05) is 0 Å². The molecule has 4 nitrogen and oxygen atoms in total. The normalized spacial score (nSPS) is 16.9. The second-order valence-corrected chi connectivity index (χ2v) is 5.67. The van der Waals surface area contributed by atoms with Gasteiger partial charge in [-0.15, -0.1) is 11.3 Å². The van der Waals surface area contributed by atoms with Gasteiger partial charge in [-0.3, -0.25) is 14.9 Å². The molecular weight excluding hydrogens is 280 g/mol. The number of amides is 2. The molecule has 0 radical (unpaired) electrons. The van der Waals surface area contributed by atoms with Gasteiger partial charge in [0.2, 0.25) is 0 Å². The third-order valence-corrected chi connectivity index (χ3v) is 4.18. The molecule has 19 heavy (non-hydrogen) atoms. The molecule has 1 aromatic carbocycles. The molecule has 3 rings (SSSR count). The summed E-state index contributed by atoms with van der Waals surface area (Å²) in [6.07, 6.45) is 1.63. The van der Waals surface area contributed by atoms with Crippen molar-refractivity contribution in [1.82, 2.24) is 10.3 Å². The number of carbonyl (C=O) groups is 2. The minimum atomic E-state index is -0.357. The Bertz CT molecular complexity index is 677. The Balaban J connectivity index is 1.89. The van der Waals surface area contributed by atoms with Crippen LogP contribution in [0.4, 0.5) is 4.79 Å². The standard InChI is InChI=1S/C13H8N2O2S2/c16-11-10(19-13(17)15-11)6-9-7-18-12(14-9)8-4-2-1-3-5-8/h1-7H,(H,15,16,17). The first kappa shape index (κ1) is 12.1. The van der Waals surface area contributed by atoms with Crippen molar-refractivity contribution in [3.05, 3.63) is 46.3 Å². The van der Waals surface area contributed by atoms with E-state index in [2.05, 4.69) is 10.3 Å². The second kappa shape index (κ2) is 4.99. The number of aromatic nitrogens is 1. The van der Waals surface area contributed by atoms with Gasteiger partial charge in [0.15, 0.2) is 0 Å². The molecular formula is C13H8N2O2S2. The predicted octanol–water partition coefficient (Wildman–Crippen LogP) is 3.13. The van der Waals surface area contributed by atoms with Crippen molar-refractivity contribution in [1.29, 1.82) is 0 Å². The van der Waals surface area contributed by atoms with Crippen LogP contribution in [0.1, 0.15) is 5.69 Å². The molecule has 0 spiro atoms. The van der Waals surface area contributed by atoms with Crippen molar-refractivity contribution >= 4 is 40.3 Å². The second-order valence-electron chi connectivity index (χ2n) is 3.80. The van der Waals surface area contributed by atoms with Gasteiger partial charge in [-0.05, 0) is 17.8 Å². The van der Waals surface area contributed by atoms with Crippen molar-refractivity contribution in [3.8, 4) is 10.6 Å². The molecule has 2 amide bonds. The lowest BCUT2D eigenvalue weighted by atomic mass is 10.2. The SMILES string of the molecule is O=C1NC(=O)C(=Cc2csc(-c3ccccc3)n2)S1. The van der Waals surface area contributed by atoms with Crippen LogP contribution >= 0.6 is 23.1 Å². The number of carbonyl (C=O) groups excluding carboxylic acids is 2. The molecule has 1 aromatic heterocycles. The number of hydrogen-bond donors (Lipinski definition) is 1. The Labute approximate surface area is 117 Å². The lowest BCUT2D eigenvalue weighted by Gasteiger charge is -1.93. The molecule has 2 heterocycles. The van der Waals surface area contributed by atoms with Crippen LogP contribution in [-0.4, -0.2) is 16.1 Å². The first-order valence-corrected chi connectivity index (χ1v) is 7.18. The smallest absolute Gasteiger partial charge is 0.282 e. The molecule has 0 saturated carbocycles. The molecule has 94 valence electrons. The molecule has 1 fully saturated rings. The fourth-order valence-corrected chi connectivity index (χ4v) is 3.07. The summed E-state index contributed by atoms with van der Waals surface area (Å²) in [7, 11) is 0. The maximum Gasteiger partial charge on any atom is 0.290 e. The van der Waals surface area contributed by atoms with Crippen LogP contribution in [0.3, 0.4) is 0 Å². The molecule has 1 aliphatic rings. The molecule has 1 saturated heterocycles. The van der Waals surface area contributed by atoms with Crippen molar-refractivity contribution < 1.29 is 9.59 Å². The lowest BCUT2D eigenvalue weighted by Crippen LogP contribution is -2.17. The van der Waals surface area contributed by atoms with E-state index in [0.717, 1.165) is 22.3 Å². The van der Waals surface area contributed by atoms with E-state index in [1.54, 1.807) is 6.08 Å². The molecule has 6 heteroatoms. The Morgan fingerprint density at radius 3 is 2.63 bits per heavy atom. The summed E-state index contributed by atoms with van der Waals surface area (Å²) in [5.41, 5.74) is 1.73. The van der Waals surface area contributed by atoms with E-state index < -0.39 is 0 Å². The van der Waals surface area contributed by atoms with Gasteiger partial charge in [0.05, 0.1) is 10.6 Å². The van der Waals surface area contributed by atoms with Gasteiger partial charge in [-0.1, -0.05) is 30.3 Å². The Morgan fingerprint density at radius 1 is 1.16 bits per heavy atom. The maximum absolute atomic E-state index is 11.4. The fraction of sp³-hybridized carbons (Fsp3) is 0. The van der Waals surface area contributed by atoms with Gasteiger partial charge in [0.25, 0.3) is 11.1 Å². The van der Waals surface area contributed by atoms with E-state index in [-0.39, 0.29) is 11.1 Å². The van der Waals surface area contributed by atoms with Crippen LogP contribution in [0, 0.1) is 0 Å². The number of nitrogens with one attached hydrogen (secondary N) is 1. The van der Waals surface area contributed by atoms with Gasteiger partial charge in [-0.2, -0.15) is 0 Å². The lowest BCUT2D eigenvalue weighted by molar-refractivity contribution is -0.115. The minimum absolute atomic E-state index is 0.338. The number of thioether (sulfide) groups is 1. The summed E-state index contributed by atoms with van der Waals surface area (Å²) in [5, 5.41) is 4.64. The first-order valence-electron chi connectivity index (χ1n) is 5.48. The van der Waals surface area contributed by atoms with Gasteiger partial charge in [0.1, 0.15) is 5.01 Å². The van der Waals surface area contributed by atoms with Crippen LogP contribution in [0.5, 0.6) is 0 Å². The summed E-state index contributed by atoms with van der Waals surface area (Å²) in [5.74, 6) is -0.357. The number of hydrogen-bond acceptors (Lipinski definition) is 5. The molecule has 1 aliphatic heterocycles. The first-order chi connectivity index (χ1) is 9.22. The summed E-state index contributed by atoms with van der Waals surface area (Å²) in [4.78, 5) is 27.3. The quantitative estimate of drug-likeness (QED) is 0.862. The van der Waals surface area contributed by atoms with E-state index >= 15 is 0 Å². The van der Waals surface area contributed by atoms with Crippen molar-refractivity contribution in [3.63, 3.8) is 0 Å². The van der Waals surface area contributed by atoms with E-state index in [0.29, 0.717) is 10.6 Å². The Morgan fingerprint density at radius 2 is 1.95 bits per heavy atom. The van der Waals surface area contributed by atoms with Gasteiger partial charge >= 0.3 is 0 Å². The number of thiazole rings is 1. The average molecular weight is 288 g/mol. The van der Waals surface area contributed by atoms with Crippen molar-refractivity contribution in [2.24, 2.45) is 0 Å². The largest absolute Gasteiger partial charge is 0.290 e. The number of benzene rings is 1. The molecule has 0 unspecified atom stereocenters. The summed E-state index contributed by atoms with van der Waals surface area (Å²) >= 11 is 2.41. The molecule has 1 N–H and O–H groups in total. The van der Waals surface area contributed by atoms with Gasteiger partial charge in [0, 0.05) is 10.9 Å². The molecule has 0 atom stereocenters. The third-order valence-electron chi connectivity index (χ3n) is 2.46. The highest BCUT2D eigenvalue weighted by molar-refractivity contribution is 8.18. The van der Waals surface area contributed by atoms with Crippen LogP contribution in [-0.2, 0) is 4.79 Å². The van der Waals surface area contributed by atoms with Crippen molar-refractivity contribution in [2.45, 2.75) is 0 Å². The van der Waals surface area contributed by atoms with Crippen LogP contribution in [0.25, 0.3) is 16.6 Å². The topological polar surface area (TPSA) is 59.1 Å². The van der Waals surface area contributed by atoms with Crippen LogP contribution < -0.4 is 5.32 Å². The summed E-state index contributed by atoms with van der Waals surface area (Å²) < 4.78 is 0. The summed E-state index contributed by atoms with van der Waals surface area (Å²) in [6.45, 7) is 0. The fourth-order valence-electron chi connectivity index (χ4n) is 1.62. The van der Waals surface area contributed by atoms with Crippen LogP contribution in [0.2, 0.25) is 0 Å². The average Bonchev–Trinajstić information content (AvgIpc) is 2.99. The zero-order valence-electron chi connectivity index (χ0n) is 9.62. The summed E-state index contributed by atoms with van der Waals surface area (Å²) in [6, 6.07) is 9.82. The predicted molar refractivity (Wildman–Crippen MR) is 76.7 cm³/mol. The molecule has 0 aliphatic carbocycles. The van der Waals surface area contributed by atoms with Crippen LogP contribution in [0.15, 0.2) is 40.6 Å². The highest BCUT2D eigenvalue weighted by Gasteiger charge is 2.25. The Kier molecular flexibility index (Phi) is 3.18.